The Morgan fingerprint density at radius 1 is 1.11 bits per heavy atom. The highest BCUT2D eigenvalue weighted by atomic mass is 35.5. The zero-order valence-corrected chi connectivity index (χ0v) is 10.5. The molecular formula is C14H12ClN3. The fourth-order valence-corrected chi connectivity index (χ4v) is 2.23. The number of rotatable bonds is 3. The molecule has 1 atom stereocenters. The lowest BCUT2D eigenvalue weighted by Crippen LogP contribution is -2.00. The molecule has 0 saturated carbocycles. The molecule has 3 rings (SSSR count). The zero-order valence-electron chi connectivity index (χ0n) is 9.70. The van der Waals surface area contributed by atoms with Crippen molar-refractivity contribution >= 4 is 17.2 Å². The van der Waals surface area contributed by atoms with Gasteiger partial charge >= 0.3 is 0 Å². The molecule has 1 aromatic carbocycles. The predicted octanol–water partition coefficient (Wildman–Crippen LogP) is 3.25. The minimum atomic E-state index is -0.0518. The van der Waals surface area contributed by atoms with E-state index in [1.807, 2.05) is 48.7 Å². The monoisotopic (exact) mass is 257 g/mol. The van der Waals surface area contributed by atoms with E-state index in [1.54, 1.807) is 10.7 Å². The van der Waals surface area contributed by atoms with Crippen LogP contribution in [0.3, 0.4) is 0 Å². The Balaban J connectivity index is 1.83. The summed E-state index contributed by atoms with van der Waals surface area (Å²) in [5, 5.41) is 4.07. The molecule has 1 unspecified atom stereocenters. The van der Waals surface area contributed by atoms with Gasteiger partial charge in [0, 0.05) is 24.4 Å². The van der Waals surface area contributed by atoms with Crippen LogP contribution in [-0.2, 0) is 6.42 Å². The molecule has 0 spiro atoms. The summed E-state index contributed by atoms with van der Waals surface area (Å²) in [5.74, 6) is 0. The smallest absolute Gasteiger partial charge is 0.155 e. The first kappa shape index (κ1) is 11.2. The summed E-state index contributed by atoms with van der Waals surface area (Å²) in [6.45, 7) is 0. The van der Waals surface area contributed by atoms with Crippen LogP contribution < -0.4 is 0 Å². The van der Waals surface area contributed by atoms with Crippen molar-refractivity contribution in [3.63, 3.8) is 0 Å². The van der Waals surface area contributed by atoms with Gasteiger partial charge in [-0.25, -0.2) is 9.50 Å². The maximum Gasteiger partial charge on any atom is 0.155 e. The number of benzene rings is 1. The summed E-state index contributed by atoms with van der Waals surface area (Å²) >= 11 is 6.40. The van der Waals surface area contributed by atoms with E-state index in [0.717, 1.165) is 16.9 Å². The fraction of sp³-hybridized carbons (Fsp3) is 0.143. The van der Waals surface area contributed by atoms with Gasteiger partial charge < -0.3 is 0 Å². The van der Waals surface area contributed by atoms with Crippen LogP contribution >= 0.6 is 11.6 Å². The largest absolute Gasteiger partial charge is 0.234 e. The first-order chi connectivity index (χ1) is 8.83. The molecule has 0 aliphatic rings. The molecule has 18 heavy (non-hydrogen) atoms. The third-order valence-corrected chi connectivity index (χ3v) is 3.27. The number of aromatic nitrogens is 3. The topological polar surface area (TPSA) is 30.2 Å². The van der Waals surface area contributed by atoms with Crippen LogP contribution in [0.4, 0.5) is 0 Å². The highest BCUT2D eigenvalue weighted by Crippen LogP contribution is 2.23. The van der Waals surface area contributed by atoms with Crippen LogP contribution in [0.2, 0.25) is 0 Å². The molecule has 0 radical (unpaired) electrons. The standard InChI is InChI=1S/C14H12ClN3/c15-13(11-4-2-1-3-5-11)10-12-7-9-18-14(17-12)6-8-16-18/h1-9,13H,10H2. The first-order valence-electron chi connectivity index (χ1n) is 5.81. The van der Waals surface area contributed by atoms with Crippen LogP contribution in [0.25, 0.3) is 5.65 Å². The molecule has 3 aromatic rings. The Morgan fingerprint density at radius 3 is 2.78 bits per heavy atom. The minimum absolute atomic E-state index is 0.0518. The molecule has 2 heterocycles. The van der Waals surface area contributed by atoms with Crippen LogP contribution in [-0.4, -0.2) is 14.6 Å². The van der Waals surface area contributed by atoms with E-state index >= 15 is 0 Å². The van der Waals surface area contributed by atoms with Gasteiger partial charge in [-0.2, -0.15) is 5.10 Å². The lowest BCUT2D eigenvalue weighted by molar-refractivity contribution is 0.857. The molecule has 0 aliphatic carbocycles. The first-order valence-corrected chi connectivity index (χ1v) is 6.25. The van der Waals surface area contributed by atoms with Gasteiger partial charge in [0.2, 0.25) is 0 Å². The molecule has 0 amide bonds. The Morgan fingerprint density at radius 2 is 1.94 bits per heavy atom. The second-order valence-corrected chi connectivity index (χ2v) is 4.66. The third kappa shape index (κ3) is 2.22. The van der Waals surface area contributed by atoms with Gasteiger partial charge in [0.05, 0.1) is 11.6 Å². The number of fused-ring (bicyclic) bond motifs is 1. The summed E-state index contributed by atoms with van der Waals surface area (Å²) in [4.78, 5) is 4.52. The maximum atomic E-state index is 6.40. The van der Waals surface area contributed by atoms with E-state index in [2.05, 4.69) is 10.1 Å². The van der Waals surface area contributed by atoms with Crippen molar-refractivity contribution in [2.75, 3.05) is 0 Å². The van der Waals surface area contributed by atoms with Crippen LogP contribution in [0, 0.1) is 0 Å². The van der Waals surface area contributed by atoms with Gasteiger partial charge in [-0.05, 0) is 11.6 Å². The quantitative estimate of drug-likeness (QED) is 0.674. The molecule has 0 fully saturated rings. The Hall–Kier alpha value is -1.87. The Labute approximate surface area is 110 Å². The average Bonchev–Trinajstić information content (AvgIpc) is 2.87. The summed E-state index contributed by atoms with van der Waals surface area (Å²) in [6, 6.07) is 13.9. The van der Waals surface area contributed by atoms with Gasteiger partial charge in [-0.15, -0.1) is 11.6 Å². The van der Waals surface area contributed by atoms with Gasteiger partial charge in [0.1, 0.15) is 0 Å². The molecular weight excluding hydrogens is 246 g/mol. The van der Waals surface area contributed by atoms with Crippen molar-refractivity contribution in [3.8, 4) is 0 Å². The molecule has 3 nitrogen and oxygen atoms in total. The SMILES string of the molecule is ClC(Cc1ccn2nccc2n1)c1ccccc1. The lowest BCUT2D eigenvalue weighted by Gasteiger charge is -2.09. The van der Waals surface area contributed by atoms with E-state index in [1.165, 1.54) is 0 Å². The van der Waals surface area contributed by atoms with Crippen molar-refractivity contribution in [1.29, 1.82) is 0 Å². The van der Waals surface area contributed by atoms with Crippen molar-refractivity contribution < 1.29 is 0 Å². The number of hydrogen-bond acceptors (Lipinski definition) is 2. The van der Waals surface area contributed by atoms with Crippen molar-refractivity contribution in [1.82, 2.24) is 14.6 Å². The van der Waals surface area contributed by atoms with Crippen LogP contribution in [0.1, 0.15) is 16.6 Å². The van der Waals surface area contributed by atoms with Gasteiger partial charge in [-0.1, -0.05) is 30.3 Å². The maximum absolute atomic E-state index is 6.40. The summed E-state index contributed by atoms with van der Waals surface area (Å²) in [5.41, 5.74) is 2.95. The van der Waals surface area contributed by atoms with E-state index in [0.29, 0.717) is 6.42 Å². The Kier molecular flexibility index (Phi) is 2.99. The highest BCUT2D eigenvalue weighted by molar-refractivity contribution is 6.20. The number of hydrogen-bond donors (Lipinski definition) is 0. The fourth-order valence-electron chi connectivity index (χ4n) is 1.93. The molecule has 0 saturated heterocycles. The van der Waals surface area contributed by atoms with Crippen LogP contribution in [0.15, 0.2) is 54.9 Å². The van der Waals surface area contributed by atoms with E-state index < -0.39 is 0 Å². The predicted molar refractivity (Wildman–Crippen MR) is 71.7 cm³/mol. The normalized spacial score (nSPS) is 12.7. The molecule has 90 valence electrons. The Bertz CT molecular complexity index is 648. The third-order valence-electron chi connectivity index (χ3n) is 2.87. The minimum Gasteiger partial charge on any atom is -0.234 e. The van der Waals surface area contributed by atoms with Gasteiger partial charge in [-0.3, -0.25) is 0 Å². The highest BCUT2D eigenvalue weighted by Gasteiger charge is 2.09. The zero-order chi connectivity index (χ0) is 12.4. The van der Waals surface area contributed by atoms with Crippen molar-refractivity contribution in [2.45, 2.75) is 11.8 Å². The lowest BCUT2D eigenvalue weighted by atomic mass is 10.1. The second-order valence-electron chi connectivity index (χ2n) is 4.14. The molecule has 4 heteroatoms. The second kappa shape index (κ2) is 4.78. The molecule has 0 N–H and O–H groups in total. The summed E-state index contributed by atoms with van der Waals surface area (Å²) in [7, 11) is 0. The number of alkyl halides is 1. The van der Waals surface area contributed by atoms with Crippen molar-refractivity contribution in [3.05, 3.63) is 66.1 Å². The van der Waals surface area contributed by atoms with Crippen molar-refractivity contribution in [2.24, 2.45) is 0 Å². The van der Waals surface area contributed by atoms with Gasteiger partial charge in [0.15, 0.2) is 5.65 Å². The molecule has 2 aromatic heterocycles. The van der Waals surface area contributed by atoms with Gasteiger partial charge in [0.25, 0.3) is 0 Å². The van der Waals surface area contributed by atoms with Crippen LogP contribution in [0.5, 0.6) is 0 Å². The summed E-state index contributed by atoms with van der Waals surface area (Å²) < 4.78 is 1.75. The average molecular weight is 258 g/mol. The van der Waals surface area contributed by atoms with E-state index in [9.17, 15) is 0 Å². The van der Waals surface area contributed by atoms with E-state index in [-0.39, 0.29) is 5.38 Å². The number of nitrogens with zero attached hydrogens (tertiary/aromatic N) is 3. The molecule has 0 aliphatic heterocycles. The number of halogens is 1. The molecule has 0 bridgehead atoms. The van der Waals surface area contributed by atoms with E-state index in [4.69, 9.17) is 11.6 Å². The summed E-state index contributed by atoms with van der Waals surface area (Å²) in [6.07, 6.45) is 4.36.